The van der Waals surface area contributed by atoms with Gasteiger partial charge in [-0.05, 0) is 29.4 Å². The van der Waals surface area contributed by atoms with Crippen LogP contribution in [-0.4, -0.2) is 43.3 Å². The molecular formula is C11H16N2O4. The highest BCUT2D eigenvalue weighted by atomic mass is 16.6. The van der Waals surface area contributed by atoms with Crippen molar-refractivity contribution in [2.75, 3.05) is 31.7 Å². The van der Waals surface area contributed by atoms with Crippen molar-refractivity contribution in [3.63, 3.8) is 0 Å². The third kappa shape index (κ3) is 4.10. The number of nitroso groups, excluding NO2 is 1. The first kappa shape index (κ1) is 13.6. The van der Waals surface area contributed by atoms with Gasteiger partial charge < -0.3 is 19.8 Å². The van der Waals surface area contributed by atoms with Crippen molar-refractivity contribution >= 4 is 11.4 Å². The summed E-state index contributed by atoms with van der Waals surface area (Å²) in [7, 11) is 1.40. The van der Waals surface area contributed by atoms with Crippen molar-refractivity contribution in [3.8, 4) is 0 Å². The molecule has 0 radical (unpaired) electrons. The highest BCUT2D eigenvalue weighted by Gasteiger charge is 2.11. The SMILES string of the molecule is COC(O)CN(CCO)c1ccc(N=O)cc1. The minimum atomic E-state index is -0.926. The Kier molecular flexibility index (Phi) is 5.55. The first-order valence-corrected chi connectivity index (χ1v) is 5.21. The van der Waals surface area contributed by atoms with Gasteiger partial charge in [-0.1, -0.05) is 0 Å². The van der Waals surface area contributed by atoms with Crippen LogP contribution in [0.15, 0.2) is 29.4 Å². The third-order valence-electron chi connectivity index (χ3n) is 2.34. The molecule has 0 aliphatic carbocycles. The molecule has 1 aromatic rings. The van der Waals surface area contributed by atoms with Gasteiger partial charge in [-0.15, -0.1) is 4.91 Å². The lowest BCUT2D eigenvalue weighted by atomic mass is 10.2. The summed E-state index contributed by atoms with van der Waals surface area (Å²) < 4.78 is 4.76. The molecule has 1 rings (SSSR count). The van der Waals surface area contributed by atoms with Gasteiger partial charge in [-0.25, -0.2) is 0 Å². The zero-order valence-electron chi connectivity index (χ0n) is 9.61. The minimum Gasteiger partial charge on any atom is -0.395 e. The molecule has 6 heteroatoms. The Morgan fingerprint density at radius 2 is 2.06 bits per heavy atom. The van der Waals surface area contributed by atoms with Crippen molar-refractivity contribution in [1.82, 2.24) is 0 Å². The number of aliphatic hydroxyl groups excluding tert-OH is 2. The van der Waals surface area contributed by atoms with Gasteiger partial charge in [0, 0.05) is 19.3 Å². The van der Waals surface area contributed by atoms with Crippen LogP contribution in [0.4, 0.5) is 11.4 Å². The first-order valence-electron chi connectivity index (χ1n) is 5.21. The largest absolute Gasteiger partial charge is 0.395 e. The number of ether oxygens (including phenoxy) is 1. The first-order chi connectivity index (χ1) is 8.21. The van der Waals surface area contributed by atoms with Crippen LogP contribution in [0.3, 0.4) is 0 Å². The molecule has 1 aromatic carbocycles. The molecule has 0 saturated heterocycles. The standard InChI is InChI=1S/C11H16N2O4/c1-17-11(15)8-13(6-7-14)10-4-2-9(12-16)3-5-10/h2-5,11,14-15H,6-8H2,1H3. The molecule has 94 valence electrons. The molecular weight excluding hydrogens is 224 g/mol. The van der Waals surface area contributed by atoms with Gasteiger partial charge in [0.25, 0.3) is 0 Å². The molecule has 0 aliphatic heterocycles. The molecule has 0 saturated carbocycles. The molecule has 17 heavy (non-hydrogen) atoms. The van der Waals surface area contributed by atoms with Crippen LogP contribution in [0.1, 0.15) is 0 Å². The average Bonchev–Trinajstić information content (AvgIpc) is 2.38. The molecule has 0 aromatic heterocycles. The molecule has 0 spiro atoms. The van der Waals surface area contributed by atoms with Crippen LogP contribution in [0.25, 0.3) is 0 Å². The summed E-state index contributed by atoms with van der Waals surface area (Å²) in [5.41, 5.74) is 1.12. The Morgan fingerprint density at radius 1 is 1.41 bits per heavy atom. The van der Waals surface area contributed by atoms with Crippen LogP contribution < -0.4 is 4.90 Å². The second-order valence-electron chi connectivity index (χ2n) is 3.47. The van der Waals surface area contributed by atoms with Crippen LogP contribution in [-0.2, 0) is 4.74 Å². The fourth-order valence-corrected chi connectivity index (χ4v) is 1.43. The van der Waals surface area contributed by atoms with Gasteiger partial charge in [0.15, 0.2) is 6.29 Å². The molecule has 1 atom stereocenters. The fourth-order valence-electron chi connectivity index (χ4n) is 1.43. The van der Waals surface area contributed by atoms with E-state index >= 15 is 0 Å². The second kappa shape index (κ2) is 6.95. The number of anilines is 1. The van der Waals surface area contributed by atoms with Gasteiger partial charge in [0.1, 0.15) is 5.69 Å². The Morgan fingerprint density at radius 3 is 2.53 bits per heavy atom. The topological polar surface area (TPSA) is 82.4 Å². The maximum absolute atomic E-state index is 10.3. The van der Waals surface area contributed by atoms with E-state index in [2.05, 4.69) is 5.18 Å². The third-order valence-corrected chi connectivity index (χ3v) is 2.34. The highest BCUT2D eigenvalue weighted by Crippen LogP contribution is 2.19. The predicted octanol–water partition coefficient (Wildman–Crippen LogP) is 0.848. The van der Waals surface area contributed by atoms with Gasteiger partial charge in [-0.2, -0.15) is 0 Å². The lowest BCUT2D eigenvalue weighted by molar-refractivity contribution is -0.0666. The molecule has 0 amide bonds. The minimum absolute atomic E-state index is 0.0376. The maximum Gasteiger partial charge on any atom is 0.171 e. The van der Waals surface area contributed by atoms with Crippen LogP contribution in [0.5, 0.6) is 0 Å². The Labute approximate surface area is 99.4 Å². The van der Waals surface area contributed by atoms with Crippen molar-refractivity contribution in [2.45, 2.75) is 6.29 Å². The Balaban J connectivity index is 2.77. The molecule has 0 bridgehead atoms. The van der Waals surface area contributed by atoms with Crippen LogP contribution in [0, 0.1) is 4.91 Å². The smallest absolute Gasteiger partial charge is 0.171 e. The van der Waals surface area contributed by atoms with E-state index in [1.807, 2.05) is 0 Å². The number of hydrogen-bond donors (Lipinski definition) is 2. The number of aliphatic hydroxyl groups is 2. The normalized spacial score (nSPS) is 12.2. The van der Waals surface area contributed by atoms with E-state index in [1.165, 1.54) is 7.11 Å². The number of nitrogens with zero attached hydrogens (tertiary/aromatic N) is 2. The summed E-state index contributed by atoms with van der Waals surface area (Å²) in [6.07, 6.45) is -0.926. The van der Waals surface area contributed by atoms with Crippen LogP contribution in [0.2, 0.25) is 0 Å². The summed E-state index contributed by atoms with van der Waals surface area (Å²) in [4.78, 5) is 12.0. The van der Waals surface area contributed by atoms with Crippen molar-refractivity contribution in [3.05, 3.63) is 29.2 Å². The molecule has 0 fully saturated rings. The number of rotatable bonds is 7. The number of methoxy groups -OCH3 is 1. The summed E-state index contributed by atoms with van der Waals surface area (Å²) in [5, 5.41) is 21.2. The van der Waals surface area contributed by atoms with E-state index in [-0.39, 0.29) is 13.2 Å². The fraction of sp³-hybridized carbons (Fsp3) is 0.455. The Bertz CT molecular complexity index is 342. The van der Waals surface area contributed by atoms with Crippen molar-refractivity contribution in [2.24, 2.45) is 5.18 Å². The summed E-state index contributed by atoms with van der Waals surface area (Å²) in [6.45, 7) is 0.573. The maximum atomic E-state index is 10.3. The average molecular weight is 240 g/mol. The van der Waals surface area contributed by atoms with Gasteiger partial charge >= 0.3 is 0 Å². The predicted molar refractivity (Wildman–Crippen MR) is 64.2 cm³/mol. The second-order valence-corrected chi connectivity index (χ2v) is 3.47. The lowest BCUT2D eigenvalue weighted by Gasteiger charge is -2.25. The zero-order chi connectivity index (χ0) is 12.7. The molecule has 0 heterocycles. The van der Waals surface area contributed by atoms with E-state index < -0.39 is 6.29 Å². The van der Waals surface area contributed by atoms with E-state index in [1.54, 1.807) is 29.2 Å². The van der Waals surface area contributed by atoms with E-state index in [0.717, 1.165) is 5.69 Å². The van der Waals surface area contributed by atoms with Crippen LogP contribution >= 0.6 is 0 Å². The monoisotopic (exact) mass is 240 g/mol. The van der Waals surface area contributed by atoms with E-state index in [0.29, 0.717) is 12.2 Å². The highest BCUT2D eigenvalue weighted by molar-refractivity contribution is 5.52. The van der Waals surface area contributed by atoms with Gasteiger partial charge in [-0.3, -0.25) is 0 Å². The van der Waals surface area contributed by atoms with E-state index in [4.69, 9.17) is 9.84 Å². The molecule has 0 aliphatic rings. The number of hydrogen-bond acceptors (Lipinski definition) is 6. The summed E-state index contributed by atoms with van der Waals surface area (Å²) in [5.74, 6) is 0. The summed E-state index contributed by atoms with van der Waals surface area (Å²) in [6, 6.07) is 6.56. The quantitative estimate of drug-likeness (QED) is 0.545. The zero-order valence-corrected chi connectivity index (χ0v) is 9.61. The molecule has 1 unspecified atom stereocenters. The molecule has 2 N–H and O–H groups in total. The molecule has 6 nitrogen and oxygen atoms in total. The number of benzene rings is 1. The summed E-state index contributed by atoms with van der Waals surface area (Å²) >= 11 is 0. The van der Waals surface area contributed by atoms with Crippen molar-refractivity contribution < 1.29 is 14.9 Å². The van der Waals surface area contributed by atoms with Gasteiger partial charge in [0.05, 0.1) is 13.2 Å². The van der Waals surface area contributed by atoms with E-state index in [9.17, 15) is 10.0 Å². The Hall–Kier alpha value is -1.50. The van der Waals surface area contributed by atoms with Gasteiger partial charge in [0.2, 0.25) is 0 Å². The lowest BCUT2D eigenvalue weighted by Crippen LogP contribution is -2.35. The van der Waals surface area contributed by atoms with Crippen molar-refractivity contribution in [1.29, 1.82) is 0 Å².